The summed E-state index contributed by atoms with van der Waals surface area (Å²) in [7, 11) is 1.59. The minimum absolute atomic E-state index is 0.129. The number of rotatable bonds is 5. The van der Waals surface area contributed by atoms with E-state index in [1.54, 1.807) is 20.0 Å². The van der Waals surface area contributed by atoms with E-state index < -0.39 is 11.9 Å². The molecule has 0 bridgehead atoms. The van der Waals surface area contributed by atoms with E-state index in [-0.39, 0.29) is 18.9 Å². The second-order valence-corrected chi connectivity index (χ2v) is 4.74. The Labute approximate surface area is 111 Å². The van der Waals surface area contributed by atoms with Gasteiger partial charge in [-0.2, -0.15) is 0 Å². The lowest BCUT2D eigenvalue weighted by Gasteiger charge is -2.18. The van der Waals surface area contributed by atoms with E-state index in [1.807, 2.05) is 0 Å². The van der Waals surface area contributed by atoms with E-state index in [0.717, 1.165) is 0 Å². The highest BCUT2D eigenvalue weighted by Crippen LogP contribution is 2.20. The molecule has 0 heterocycles. The molecular weight excluding hydrogens is 257 g/mol. The first-order valence-electron chi connectivity index (χ1n) is 5.76. The number of carbonyl (C=O) groups is 1. The zero-order valence-electron chi connectivity index (χ0n) is 10.5. The van der Waals surface area contributed by atoms with Crippen LogP contribution < -0.4 is 0 Å². The van der Waals surface area contributed by atoms with Crippen LogP contribution in [-0.2, 0) is 11.3 Å². The molecule has 1 aromatic rings. The predicted molar refractivity (Wildman–Crippen MR) is 68.8 cm³/mol. The van der Waals surface area contributed by atoms with Crippen LogP contribution in [0.25, 0.3) is 0 Å². The van der Waals surface area contributed by atoms with Gasteiger partial charge in [0.1, 0.15) is 5.82 Å². The molecule has 1 N–H and O–H groups in total. The summed E-state index contributed by atoms with van der Waals surface area (Å²) in [4.78, 5) is 13.1. The van der Waals surface area contributed by atoms with Crippen molar-refractivity contribution in [3.05, 3.63) is 34.6 Å². The number of aliphatic hydroxyl groups is 1. The number of benzene rings is 1. The topological polar surface area (TPSA) is 40.5 Å². The van der Waals surface area contributed by atoms with Crippen molar-refractivity contribution in [1.82, 2.24) is 4.90 Å². The molecule has 0 radical (unpaired) electrons. The van der Waals surface area contributed by atoms with Crippen molar-refractivity contribution in [3.8, 4) is 0 Å². The van der Waals surface area contributed by atoms with Gasteiger partial charge in [-0.3, -0.25) is 4.79 Å². The highest BCUT2D eigenvalue weighted by atomic mass is 35.5. The zero-order valence-corrected chi connectivity index (χ0v) is 11.2. The smallest absolute Gasteiger partial charge is 0.222 e. The predicted octanol–water partition coefficient (Wildman–Crippen LogP) is 2.60. The van der Waals surface area contributed by atoms with Gasteiger partial charge in [0.25, 0.3) is 0 Å². The van der Waals surface area contributed by atoms with Crippen molar-refractivity contribution in [2.45, 2.75) is 32.4 Å². The highest BCUT2D eigenvalue weighted by Gasteiger charge is 2.14. The van der Waals surface area contributed by atoms with Gasteiger partial charge in [0.05, 0.1) is 6.10 Å². The normalized spacial score (nSPS) is 12.3. The molecule has 0 aromatic heterocycles. The fraction of sp³-hybridized carbons (Fsp3) is 0.462. The molecule has 0 saturated carbocycles. The van der Waals surface area contributed by atoms with Crippen LogP contribution >= 0.6 is 11.6 Å². The van der Waals surface area contributed by atoms with E-state index in [9.17, 15) is 9.18 Å². The van der Waals surface area contributed by atoms with Gasteiger partial charge >= 0.3 is 0 Å². The van der Waals surface area contributed by atoms with Crippen LogP contribution in [0.4, 0.5) is 4.39 Å². The number of nitrogens with zero attached hydrogens (tertiary/aromatic N) is 1. The summed E-state index contributed by atoms with van der Waals surface area (Å²) in [6.07, 6.45) is 0.119. The summed E-state index contributed by atoms with van der Waals surface area (Å²) < 4.78 is 13.5. The zero-order chi connectivity index (χ0) is 13.7. The summed E-state index contributed by atoms with van der Waals surface area (Å²) in [5.41, 5.74) is 0.312. The van der Waals surface area contributed by atoms with Crippen LogP contribution in [0.3, 0.4) is 0 Å². The quantitative estimate of drug-likeness (QED) is 0.896. The summed E-state index contributed by atoms with van der Waals surface area (Å²) >= 11 is 5.89. The molecule has 1 aromatic carbocycles. The van der Waals surface area contributed by atoms with E-state index in [0.29, 0.717) is 17.0 Å². The number of hydrogen-bond donors (Lipinski definition) is 1. The number of aliphatic hydroxyl groups excluding tert-OH is 1. The Balaban J connectivity index is 2.64. The Morgan fingerprint density at radius 2 is 2.22 bits per heavy atom. The van der Waals surface area contributed by atoms with Crippen molar-refractivity contribution in [1.29, 1.82) is 0 Å². The Bertz CT molecular complexity index is 403. The lowest BCUT2D eigenvalue weighted by molar-refractivity contribution is -0.131. The maximum atomic E-state index is 13.5. The standard InChI is InChI=1S/C13H17ClFNO2/c1-9(17)6-7-13(18)16(2)8-10-11(14)4-3-5-12(10)15/h3-5,9,17H,6-8H2,1-2H3. The number of carbonyl (C=O) groups excluding carboxylic acids is 1. The lowest BCUT2D eigenvalue weighted by atomic mass is 10.1. The van der Waals surface area contributed by atoms with Gasteiger partial charge in [-0.05, 0) is 25.5 Å². The van der Waals surface area contributed by atoms with Crippen LogP contribution in [0, 0.1) is 5.82 Å². The average Bonchev–Trinajstić information content (AvgIpc) is 2.30. The van der Waals surface area contributed by atoms with Gasteiger partial charge in [-0.1, -0.05) is 17.7 Å². The Morgan fingerprint density at radius 1 is 1.56 bits per heavy atom. The molecule has 18 heavy (non-hydrogen) atoms. The minimum atomic E-state index is -0.514. The van der Waals surface area contributed by atoms with Crippen LogP contribution in [0.15, 0.2) is 18.2 Å². The van der Waals surface area contributed by atoms with E-state index in [1.165, 1.54) is 17.0 Å². The van der Waals surface area contributed by atoms with E-state index in [2.05, 4.69) is 0 Å². The largest absolute Gasteiger partial charge is 0.393 e. The fourth-order valence-electron chi connectivity index (χ4n) is 1.53. The number of halogens is 2. The third-order valence-electron chi connectivity index (χ3n) is 2.66. The molecule has 0 fully saturated rings. The molecule has 1 atom stereocenters. The van der Waals surface area contributed by atoms with Crippen LogP contribution in [0.5, 0.6) is 0 Å². The maximum absolute atomic E-state index is 13.5. The lowest BCUT2D eigenvalue weighted by Crippen LogP contribution is -2.27. The molecule has 0 spiro atoms. The first kappa shape index (κ1) is 14.9. The fourth-order valence-corrected chi connectivity index (χ4v) is 1.75. The van der Waals surface area contributed by atoms with Crippen molar-refractivity contribution in [3.63, 3.8) is 0 Å². The summed E-state index contributed by atoms with van der Waals surface area (Å²) in [5.74, 6) is -0.562. The summed E-state index contributed by atoms with van der Waals surface area (Å²) in [5, 5.41) is 9.42. The third kappa shape index (κ3) is 4.27. The van der Waals surface area contributed by atoms with E-state index in [4.69, 9.17) is 16.7 Å². The van der Waals surface area contributed by atoms with Gasteiger partial charge in [0.2, 0.25) is 5.91 Å². The SMILES string of the molecule is CC(O)CCC(=O)N(C)Cc1c(F)cccc1Cl. The van der Waals surface area contributed by atoms with Crippen molar-refractivity contribution in [2.75, 3.05) is 7.05 Å². The molecule has 100 valence electrons. The summed E-state index contributed by atoms with van der Waals surface area (Å²) in [6, 6.07) is 4.43. The molecule has 5 heteroatoms. The molecule has 3 nitrogen and oxygen atoms in total. The van der Waals surface area contributed by atoms with Crippen LogP contribution in [-0.4, -0.2) is 29.1 Å². The van der Waals surface area contributed by atoms with Gasteiger partial charge < -0.3 is 10.0 Å². The Kier molecular flexibility index (Phi) is 5.56. The molecule has 1 rings (SSSR count). The van der Waals surface area contributed by atoms with E-state index >= 15 is 0 Å². The Hall–Kier alpha value is -1.13. The molecular formula is C13H17ClFNO2. The maximum Gasteiger partial charge on any atom is 0.222 e. The Morgan fingerprint density at radius 3 is 2.78 bits per heavy atom. The average molecular weight is 274 g/mol. The van der Waals surface area contributed by atoms with Gasteiger partial charge in [-0.15, -0.1) is 0 Å². The molecule has 0 saturated heterocycles. The van der Waals surface area contributed by atoms with Gasteiger partial charge in [0, 0.05) is 30.6 Å². The third-order valence-corrected chi connectivity index (χ3v) is 3.01. The minimum Gasteiger partial charge on any atom is -0.393 e. The summed E-state index contributed by atoms with van der Waals surface area (Å²) in [6.45, 7) is 1.76. The molecule has 1 unspecified atom stereocenters. The van der Waals surface area contributed by atoms with Crippen molar-refractivity contribution in [2.24, 2.45) is 0 Å². The van der Waals surface area contributed by atoms with Crippen molar-refractivity contribution < 1.29 is 14.3 Å². The molecule has 0 aliphatic carbocycles. The molecule has 0 aliphatic heterocycles. The number of hydrogen-bond acceptors (Lipinski definition) is 2. The van der Waals surface area contributed by atoms with Gasteiger partial charge in [-0.25, -0.2) is 4.39 Å². The highest BCUT2D eigenvalue weighted by molar-refractivity contribution is 6.31. The van der Waals surface area contributed by atoms with Gasteiger partial charge in [0.15, 0.2) is 0 Å². The first-order valence-corrected chi connectivity index (χ1v) is 6.14. The second kappa shape index (κ2) is 6.71. The number of amides is 1. The van der Waals surface area contributed by atoms with Crippen LogP contribution in [0.1, 0.15) is 25.3 Å². The van der Waals surface area contributed by atoms with Crippen molar-refractivity contribution >= 4 is 17.5 Å². The second-order valence-electron chi connectivity index (χ2n) is 4.34. The monoisotopic (exact) mass is 273 g/mol. The van der Waals surface area contributed by atoms with Crippen LogP contribution in [0.2, 0.25) is 5.02 Å². The molecule has 1 amide bonds. The molecule has 0 aliphatic rings. The first-order chi connectivity index (χ1) is 8.41.